The Balaban J connectivity index is 2.07. The summed E-state index contributed by atoms with van der Waals surface area (Å²) in [7, 11) is 0. The Morgan fingerprint density at radius 2 is 2.00 bits per heavy atom. The van der Waals surface area contributed by atoms with E-state index in [-0.39, 0.29) is 11.7 Å². The molecule has 1 unspecified atom stereocenters. The van der Waals surface area contributed by atoms with Gasteiger partial charge in [0.25, 0.3) is 0 Å². The minimum absolute atomic E-state index is 0.0375. The predicted molar refractivity (Wildman–Crippen MR) is 79.9 cm³/mol. The maximum atomic E-state index is 11.9. The summed E-state index contributed by atoms with van der Waals surface area (Å²) in [6.45, 7) is 8.86. The van der Waals surface area contributed by atoms with Crippen LogP contribution in [0, 0.1) is 5.92 Å². The van der Waals surface area contributed by atoms with Gasteiger partial charge in [-0.2, -0.15) is 5.10 Å². The van der Waals surface area contributed by atoms with Gasteiger partial charge in [0.2, 0.25) is 0 Å². The van der Waals surface area contributed by atoms with Gasteiger partial charge in [-0.25, -0.2) is 0 Å². The van der Waals surface area contributed by atoms with Crippen LogP contribution in [0.1, 0.15) is 56.2 Å². The highest BCUT2D eigenvalue weighted by molar-refractivity contribution is 5.97. The highest BCUT2D eigenvalue weighted by atomic mass is 16.1. The van der Waals surface area contributed by atoms with E-state index in [1.54, 1.807) is 0 Å². The first kappa shape index (κ1) is 14.6. The van der Waals surface area contributed by atoms with Crippen LogP contribution in [0.5, 0.6) is 0 Å². The Morgan fingerprint density at radius 3 is 2.65 bits per heavy atom. The van der Waals surface area contributed by atoms with E-state index in [1.165, 1.54) is 0 Å². The Kier molecular flexibility index (Phi) is 4.42. The quantitative estimate of drug-likeness (QED) is 0.755. The first-order valence-electron chi connectivity index (χ1n) is 7.25. The summed E-state index contributed by atoms with van der Waals surface area (Å²) >= 11 is 0. The molecule has 0 bridgehead atoms. The van der Waals surface area contributed by atoms with E-state index in [0.717, 1.165) is 17.7 Å². The van der Waals surface area contributed by atoms with Crippen molar-refractivity contribution in [1.82, 2.24) is 14.3 Å². The molecule has 0 aliphatic carbocycles. The van der Waals surface area contributed by atoms with Crippen molar-refractivity contribution in [2.75, 3.05) is 0 Å². The lowest BCUT2D eigenvalue weighted by atomic mass is 10.0. The van der Waals surface area contributed by atoms with Crippen molar-refractivity contribution in [1.29, 1.82) is 0 Å². The minimum atomic E-state index is 0.0375. The SMILES string of the molecule is CCC(C)n1ccc(Cn2ccc(C(=O)C(C)C)c2)n1. The molecule has 1 atom stereocenters. The van der Waals surface area contributed by atoms with E-state index >= 15 is 0 Å². The molecular weight excluding hydrogens is 250 g/mol. The topological polar surface area (TPSA) is 39.8 Å². The summed E-state index contributed by atoms with van der Waals surface area (Å²) in [5.41, 5.74) is 1.80. The normalized spacial score (nSPS) is 12.8. The number of rotatable bonds is 6. The number of Topliss-reactive ketones (excluding diaryl/α,β-unsaturated/α-hetero) is 1. The van der Waals surface area contributed by atoms with Crippen LogP contribution in [0.25, 0.3) is 0 Å². The van der Waals surface area contributed by atoms with Gasteiger partial charge < -0.3 is 4.57 Å². The molecule has 0 saturated carbocycles. The van der Waals surface area contributed by atoms with Crippen LogP contribution in [0.2, 0.25) is 0 Å². The van der Waals surface area contributed by atoms with Crippen LogP contribution in [0.4, 0.5) is 0 Å². The zero-order valence-corrected chi connectivity index (χ0v) is 12.7. The summed E-state index contributed by atoms with van der Waals surface area (Å²) in [5.74, 6) is 0.226. The highest BCUT2D eigenvalue weighted by Crippen LogP contribution is 2.12. The maximum absolute atomic E-state index is 11.9. The third-order valence-electron chi connectivity index (χ3n) is 3.61. The van der Waals surface area contributed by atoms with Crippen LogP contribution in [-0.4, -0.2) is 20.1 Å². The Hall–Kier alpha value is -1.84. The van der Waals surface area contributed by atoms with Crippen molar-refractivity contribution < 1.29 is 4.79 Å². The van der Waals surface area contributed by atoms with E-state index in [9.17, 15) is 4.79 Å². The van der Waals surface area contributed by atoms with Crippen LogP contribution in [0.15, 0.2) is 30.7 Å². The van der Waals surface area contributed by atoms with Crippen LogP contribution in [0.3, 0.4) is 0 Å². The van der Waals surface area contributed by atoms with Crippen molar-refractivity contribution in [3.05, 3.63) is 42.0 Å². The molecule has 0 saturated heterocycles. The standard InChI is InChI=1S/C16H23N3O/c1-5-13(4)19-9-7-15(17-19)11-18-8-6-14(10-18)16(20)12(2)3/h6-10,12-13H,5,11H2,1-4H3. The lowest BCUT2D eigenvalue weighted by molar-refractivity contribution is 0.0939. The van der Waals surface area contributed by atoms with Crippen LogP contribution < -0.4 is 0 Å². The second-order valence-electron chi connectivity index (χ2n) is 5.64. The van der Waals surface area contributed by atoms with Crippen LogP contribution >= 0.6 is 0 Å². The molecule has 2 heterocycles. The van der Waals surface area contributed by atoms with Gasteiger partial charge in [-0.1, -0.05) is 20.8 Å². The third-order valence-corrected chi connectivity index (χ3v) is 3.61. The average molecular weight is 273 g/mol. The number of carbonyl (C=O) groups is 1. The maximum Gasteiger partial charge on any atom is 0.166 e. The Morgan fingerprint density at radius 1 is 1.25 bits per heavy atom. The zero-order valence-electron chi connectivity index (χ0n) is 12.7. The molecule has 0 spiro atoms. The Bertz CT molecular complexity index is 580. The summed E-state index contributed by atoms with van der Waals surface area (Å²) < 4.78 is 4.01. The second kappa shape index (κ2) is 6.07. The van der Waals surface area contributed by atoms with E-state index in [0.29, 0.717) is 12.6 Å². The number of nitrogens with zero attached hydrogens (tertiary/aromatic N) is 3. The van der Waals surface area contributed by atoms with Gasteiger partial charge in [-0.05, 0) is 25.5 Å². The molecular formula is C16H23N3O. The van der Waals surface area contributed by atoms with Gasteiger partial charge in [-0.15, -0.1) is 0 Å². The first-order chi connectivity index (χ1) is 9.51. The Labute approximate surface area is 120 Å². The predicted octanol–water partition coefficient (Wildman–Crippen LogP) is 3.54. The van der Waals surface area contributed by atoms with Gasteiger partial charge in [0.15, 0.2) is 5.78 Å². The fraction of sp³-hybridized carbons (Fsp3) is 0.500. The molecule has 0 amide bonds. The molecule has 0 fully saturated rings. The molecule has 2 aromatic rings. The van der Waals surface area contributed by atoms with Gasteiger partial charge in [-0.3, -0.25) is 9.48 Å². The number of ketones is 1. The molecule has 4 heteroatoms. The number of carbonyl (C=O) groups excluding carboxylic acids is 1. The smallest absolute Gasteiger partial charge is 0.166 e. The lowest BCUT2D eigenvalue weighted by Crippen LogP contribution is -2.07. The fourth-order valence-corrected chi connectivity index (χ4v) is 2.10. The van der Waals surface area contributed by atoms with Crippen molar-refractivity contribution in [2.45, 2.75) is 46.7 Å². The van der Waals surface area contributed by atoms with E-state index in [2.05, 4.69) is 18.9 Å². The monoisotopic (exact) mass is 273 g/mol. The molecule has 0 aliphatic heterocycles. The van der Waals surface area contributed by atoms with Crippen molar-refractivity contribution in [2.24, 2.45) is 5.92 Å². The van der Waals surface area contributed by atoms with Crippen LogP contribution in [-0.2, 0) is 6.54 Å². The minimum Gasteiger partial charge on any atom is -0.348 e. The largest absolute Gasteiger partial charge is 0.348 e. The first-order valence-corrected chi connectivity index (χ1v) is 7.25. The van der Waals surface area contributed by atoms with Gasteiger partial charge in [0, 0.05) is 36.1 Å². The fourth-order valence-electron chi connectivity index (χ4n) is 2.10. The van der Waals surface area contributed by atoms with Crippen molar-refractivity contribution in [3.8, 4) is 0 Å². The second-order valence-corrected chi connectivity index (χ2v) is 5.64. The number of hydrogen-bond donors (Lipinski definition) is 0. The van der Waals surface area contributed by atoms with Gasteiger partial charge in [0.05, 0.1) is 12.2 Å². The summed E-state index contributed by atoms with van der Waals surface area (Å²) in [4.78, 5) is 11.9. The van der Waals surface area contributed by atoms with E-state index < -0.39 is 0 Å². The molecule has 2 rings (SSSR count). The third kappa shape index (κ3) is 3.18. The lowest BCUT2D eigenvalue weighted by Gasteiger charge is -2.08. The van der Waals surface area contributed by atoms with Crippen molar-refractivity contribution >= 4 is 5.78 Å². The summed E-state index contributed by atoms with van der Waals surface area (Å²) in [6, 6.07) is 4.34. The molecule has 2 aromatic heterocycles. The molecule has 0 aromatic carbocycles. The molecule has 4 nitrogen and oxygen atoms in total. The molecule has 0 aliphatic rings. The molecule has 108 valence electrons. The number of aromatic nitrogens is 3. The van der Waals surface area contributed by atoms with Gasteiger partial charge >= 0.3 is 0 Å². The number of hydrogen-bond acceptors (Lipinski definition) is 2. The average Bonchev–Trinajstić information content (AvgIpc) is 3.06. The summed E-state index contributed by atoms with van der Waals surface area (Å²) in [5, 5.41) is 4.58. The van der Waals surface area contributed by atoms with Gasteiger partial charge in [0.1, 0.15) is 0 Å². The molecule has 0 N–H and O–H groups in total. The molecule has 20 heavy (non-hydrogen) atoms. The zero-order chi connectivity index (χ0) is 14.7. The summed E-state index contributed by atoms with van der Waals surface area (Å²) in [6.07, 6.45) is 6.94. The molecule has 0 radical (unpaired) electrons. The van der Waals surface area contributed by atoms with E-state index in [1.807, 2.05) is 53.8 Å². The van der Waals surface area contributed by atoms with E-state index in [4.69, 9.17) is 0 Å². The van der Waals surface area contributed by atoms with Crippen molar-refractivity contribution in [3.63, 3.8) is 0 Å². The highest BCUT2D eigenvalue weighted by Gasteiger charge is 2.12.